The SMILES string of the molecule is C=C1c2ccc(C(=O)c3ccc4c(c3)C(=O)C(C(=O)CC)C4=O)cc2C(=O)C1C(=O)CC. The lowest BCUT2D eigenvalue weighted by atomic mass is 9.94. The van der Waals surface area contributed by atoms with Crippen molar-refractivity contribution in [1.29, 1.82) is 0 Å². The maximum atomic E-state index is 13.1. The van der Waals surface area contributed by atoms with Crippen molar-refractivity contribution in [2.75, 3.05) is 0 Å². The van der Waals surface area contributed by atoms with Gasteiger partial charge in [-0.1, -0.05) is 38.6 Å². The number of allylic oxidation sites excluding steroid dienone is 1. The second kappa shape index (κ2) is 7.71. The number of hydrogen-bond donors (Lipinski definition) is 0. The lowest BCUT2D eigenvalue weighted by Crippen LogP contribution is -2.24. The summed E-state index contributed by atoms with van der Waals surface area (Å²) in [6.45, 7) is 7.16. The van der Waals surface area contributed by atoms with Crippen molar-refractivity contribution in [2.45, 2.75) is 26.7 Å². The van der Waals surface area contributed by atoms with Gasteiger partial charge in [0.05, 0.1) is 0 Å². The summed E-state index contributed by atoms with van der Waals surface area (Å²) in [5, 5.41) is 0. The predicted molar refractivity (Wildman–Crippen MR) is 116 cm³/mol. The number of rotatable bonds is 6. The van der Waals surface area contributed by atoms with E-state index in [2.05, 4.69) is 6.58 Å². The first-order valence-corrected chi connectivity index (χ1v) is 10.4. The van der Waals surface area contributed by atoms with E-state index in [4.69, 9.17) is 0 Å². The molecule has 160 valence electrons. The summed E-state index contributed by atoms with van der Waals surface area (Å²) in [6, 6.07) is 8.74. The van der Waals surface area contributed by atoms with Crippen LogP contribution in [0.2, 0.25) is 0 Å². The molecule has 2 aromatic carbocycles. The van der Waals surface area contributed by atoms with E-state index < -0.39 is 35.0 Å². The molecule has 2 unspecified atom stereocenters. The van der Waals surface area contributed by atoms with E-state index in [-0.39, 0.29) is 52.2 Å². The molecule has 0 heterocycles. The lowest BCUT2D eigenvalue weighted by molar-refractivity contribution is -0.120. The molecule has 4 rings (SSSR count). The fourth-order valence-electron chi connectivity index (χ4n) is 4.38. The van der Waals surface area contributed by atoms with Crippen LogP contribution in [0.3, 0.4) is 0 Å². The van der Waals surface area contributed by atoms with Gasteiger partial charge in [0, 0.05) is 40.7 Å². The Morgan fingerprint density at radius 2 is 1.12 bits per heavy atom. The van der Waals surface area contributed by atoms with Crippen LogP contribution in [0.15, 0.2) is 43.0 Å². The molecule has 2 aliphatic rings. The molecule has 0 saturated heterocycles. The Morgan fingerprint density at radius 1 is 0.688 bits per heavy atom. The van der Waals surface area contributed by atoms with Gasteiger partial charge in [-0.25, -0.2) is 0 Å². The molecule has 2 aliphatic carbocycles. The van der Waals surface area contributed by atoms with Crippen LogP contribution in [0.5, 0.6) is 0 Å². The molecule has 0 aliphatic heterocycles. The summed E-state index contributed by atoms with van der Waals surface area (Å²) in [5.41, 5.74) is 1.84. The molecule has 6 nitrogen and oxygen atoms in total. The van der Waals surface area contributed by atoms with Crippen LogP contribution in [-0.2, 0) is 9.59 Å². The summed E-state index contributed by atoms with van der Waals surface area (Å²) in [5.74, 6) is -4.86. The third-order valence-electron chi connectivity index (χ3n) is 6.18. The minimum absolute atomic E-state index is 0.0619. The average molecular weight is 428 g/mol. The van der Waals surface area contributed by atoms with Gasteiger partial charge in [0.2, 0.25) is 0 Å². The highest BCUT2D eigenvalue weighted by molar-refractivity contribution is 6.36. The molecule has 2 aromatic rings. The molecule has 32 heavy (non-hydrogen) atoms. The van der Waals surface area contributed by atoms with Crippen molar-refractivity contribution in [3.63, 3.8) is 0 Å². The molecule has 0 bridgehead atoms. The molecule has 0 spiro atoms. The van der Waals surface area contributed by atoms with Gasteiger partial charge in [-0.15, -0.1) is 0 Å². The van der Waals surface area contributed by atoms with Crippen LogP contribution >= 0.6 is 0 Å². The normalized spacial score (nSPS) is 19.2. The Kier molecular flexibility index (Phi) is 5.17. The highest BCUT2D eigenvalue weighted by Gasteiger charge is 2.43. The van der Waals surface area contributed by atoms with Gasteiger partial charge in [-0.3, -0.25) is 28.8 Å². The van der Waals surface area contributed by atoms with Crippen LogP contribution in [0.25, 0.3) is 5.57 Å². The van der Waals surface area contributed by atoms with Crippen LogP contribution in [0.4, 0.5) is 0 Å². The smallest absolute Gasteiger partial charge is 0.193 e. The Labute approximate surface area is 184 Å². The third-order valence-corrected chi connectivity index (χ3v) is 6.18. The number of hydrogen-bond acceptors (Lipinski definition) is 6. The molecule has 2 atom stereocenters. The third kappa shape index (κ3) is 3.02. The molecule has 6 heteroatoms. The Balaban J connectivity index is 1.69. The van der Waals surface area contributed by atoms with Crippen molar-refractivity contribution >= 4 is 40.3 Å². The second-order valence-electron chi connectivity index (χ2n) is 7.97. The molecule has 0 N–H and O–H groups in total. The van der Waals surface area contributed by atoms with Gasteiger partial charge in [0.15, 0.2) is 28.9 Å². The van der Waals surface area contributed by atoms with Crippen molar-refractivity contribution < 1.29 is 28.8 Å². The molecular weight excluding hydrogens is 408 g/mol. The lowest BCUT2D eigenvalue weighted by Gasteiger charge is -2.06. The van der Waals surface area contributed by atoms with E-state index in [0.29, 0.717) is 11.1 Å². The van der Waals surface area contributed by atoms with Gasteiger partial charge in [0.25, 0.3) is 0 Å². The first kappa shape index (κ1) is 21.4. The van der Waals surface area contributed by atoms with E-state index in [1.54, 1.807) is 26.0 Å². The highest BCUT2D eigenvalue weighted by Crippen LogP contribution is 2.38. The first-order chi connectivity index (χ1) is 15.2. The van der Waals surface area contributed by atoms with E-state index in [1.807, 2.05) is 0 Å². The zero-order valence-corrected chi connectivity index (χ0v) is 17.7. The van der Waals surface area contributed by atoms with E-state index in [9.17, 15) is 28.8 Å². The molecule has 0 amide bonds. The van der Waals surface area contributed by atoms with Gasteiger partial charge < -0.3 is 0 Å². The number of benzene rings is 2. The molecule has 0 radical (unpaired) electrons. The largest absolute Gasteiger partial charge is 0.299 e. The first-order valence-electron chi connectivity index (χ1n) is 10.4. The van der Waals surface area contributed by atoms with Gasteiger partial charge >= 0.3 is 0 Å². The minimum atomic E-state index is -1.34. The zero-order chi connectivity index (χ0) is 23.3. The zero-order valence-electron chi connectivity index (χ0n) is 17.7. The van der Waals surface area contributed by atoms with Crippen molar-refractivity contribution in [2.24, 2.45) is 11.8 Å². The highest BCUT2D eigenvalue weighted by atomic mass is 16.2. The number of fused-ring (bicyclic) bond motifs is 2. The van der Waals surface area contributed by atoms with Crippen LogP contribution in [0, 0.1) is 11.8 Å². The summed E-state index contributed by atoms with van der Waals surface area (Å²) in [6.07, 6.45) is 0.274. The summed E-state index contributed by atoms with van der Waals surface area (Å²) >= 11 is 0. The summed E-state index contributed by atoms with van der Waals surface area (Å²) in [4.78, 5) is 75.2. The maximum absolute atomic E-state index is 13.1. The molecular formula is C26H20O6. The van der Waals surface area contributed by atoms with Crippen LogP contribution < -0.4 is 0 Å². The van der Waals surface area contributed by atoms with Crippen molar-refractivity contribution in [1.82, 2.24) is 0 Å². The second-order valence-corrected chi connectivity index (χ2v) is 7.97. The van der Waals surface area contributed by atoms with Gasteiger partial charge in [-0.2, -0.15) is 0 Å². The van der Waals surface area contributed by atoms with E-state index in [0.717, 1.165) is 0 Å². The van der Waals surface area contributed by atoms with Crippen molar-refractivity contribution in [3.8, 4) is 0 Å². The quantitative estimate of drug-likeness (QED) is 0.514. The standard InChI is InChI=1S/C26H20O6/c1-4-19(27)21-12(3)15-8-6-13(10-17(15)25(21)31)23(29)14-7-9-16-18(11-14)26(32)22(24(16)30)20(28)5-2/h6-11,21-22H,3-5H2,1-2H3. The van der Waals surface area contributed by atoms with E-state index >= 15 is 0 Å². The molecule has 0 saturated carbocycles. The molecule has 0 fully saturated rings. The fraction of sp³-hybridized carbons (Fsp3) is 0.231. The Hall–Kier alpha value is -3.80. The summed E-state index contributed by atoms with van der Waals surface area (Å²) < 4.78 is 0. The fourth-order valence-corrected chi connectivity index (χ4v) is 4.38. The average Bonchev–Trinajstić information content (AvgIpc) is 3.21. The van der Waals surface area contributed by atoms with Crippen LogP contribution in [0.1, 0.15) is 79.2 Å². The van der Waals surface area contributed by atoms with Crippen molar-refractivity contribution in [3.05, 3.63) is 76.4 Å². The number of carbonyl (C=O) groups excluding carboxylic acids is 6. The summed E-state index contributed by atoms with van der Waals surface area (Å²) in [7, 11) is 0. The van der Waals surface area contributed by atoms with E-state index in [1.165, 1.54) is 24.3 Å². The van der Waals surface area contributed by atoms with Gasteiger partial charge in [0.1, 0.15) is 17.6 Å². The predicted octanol–water partition coefficient (Wildman–Crippen LogP) is 3.70. The monoisotopic (exact) mass is 428 g/mol. The minimum Gasteiger partial charge on any atom is -0.299 e. The Morgan fingerprint density at radius 3 is 1.69 bits per heavy atom. The van der Waals surface area contributed by atoms with Gasteiger partial charge in [-0.05, 0) is 29.3 Å². The Bertz CT molecular complexity index is 1180. The number of ketones is 6. The number of Topliss-reactive ketones (excluding diaryl/α,β-unsaturated/α-hetero) is 5. The molecule has 0 aromatic heterocycles. The van der Waals surface area contributed by atoms with Crippen LogP contribution in [-0.4, -0.2) is 34.7 Å². The maximum Gasteiger partial charge on any atom is 0.193 e. The number of carbonyl (C=O) groups is 6. The topological polar surface area (TPSA) is 102 Å².